The van der Waals surface area contributed by atoms with E-state index in [0.717, 1.165) is 36.0 Å². The molecule has 2 aliphatic rings. The van der Waals surface area contributed by atoms with Crippen LogP contribution in [0.25, 0.3) is 0 Å². The number of carbonyl (C=O) groups excluding carboxylic acids is 2. The summed E-state index contributed by atoms with van der Waals surface area (Å²) in [5.74, 6) is -0.459. The summed E-state index contributed by atoms with van der Waals surface area (Å²) in [5, 5.41) is 0. The van der Waals surface area contributed by atoms with Gasteiger partial charge in [0, 0.05) is 5.56 Å². The van der Waals surface area contributed by atoms with E-state index in [0.29, 0.717) is 12.8 Å². The lowest BCUT2D eigenvalue weighted by molar-refractivity contribution is -0.152. The van der Waals surface area contributed by atoms with Crippen molar-refractivity contribution in [2.45, 2.75) is 39.0 Å². The molecule has 0 amide bonds. The summed E-state index contributed by atoms with van der Waals surface area (Å²) in [4.78, 5) is 26.2. The van der Waals surface area contributed by atoms with Crippen molar-refractivity contribution in [1.29, 1.82) is 0 Å². The van der Waals surface area contributed by atoms with Crippen LogP contribution in [-0.2, 0) is 35.2 Å². The van der Waals surface area contributed by atoms with Gasteiger partial charge in [-0.15, -0.1) is 0 Å². The largest absolute Gasteiger partial charge is 0.465 e. The first-order chi connectivity index (χ1) is 12.1. The van der Waals surface area contributed by atoms with Crippen molar-refractivity contribution in [3.8, 4) is 0 Å². The zero-order valence-corrected chi connectivity index (χ0v) is 14.5. The molecule has 0 aromatic heterocycles. The Morgan fingerprint density at radius 1 is 1.08 bits per heavy atom. The summed E-state index contributed by atoms with van der Waals surface area (Å²) in [6.07, 6.45) is 4.09. The van der Waals surface area contributed by atoms with E-state index < -0.39 is 5.41 Å². The molecule has 0 heterocycles. The molecule has 0 saturated carbocycles. The Kier molecular flexibility index (Phi) is 3.95. The smallest absolute Gasteiger partial charge is 0.320 e. The lowest BCUT2D eigenvalue weighted by Gasteiger charge is -2.25. The Morgan fingerprint density at radius 2 is 1.80 bits per heavy atom. The van der Waals surface area contributed by atoms with Crippen LogP contribution in [0.15, 0.2) is 42.5 Å². The molecule has 128 valence electrons. The molecule has 4 rings (SSSR count). The van der Waals surface area contributed by atoms with E-state index in [9.17, 15) is 9.59 Å². The molecule has 0 bridgehead atoms. The minimum atomic E-state index is -1.12. The summed E-state index contributed by atoms with van der Waals surface area (Å²) in [6, 6.07) is 13.9. The van der Waals surface area contributed by atoms with Crippen LogP contribution in [0.3, 0.4) is 0 Å². The van der Waals surface area contributed by atoms with Crippen molar-refractivity contribution < 1.29 is 14.3 Å². The highest BCUT2D eigenvalue weighted by Gasteiger charge is 2.52. The van der Waals surface area contributed by atoms with Crippen molar-refractivity contribution >= 4 is 11.8 Å². The second-order valence-corrected chi connectivity index (χ2v) is 7.10. The number of benzene rings is 2. The SMILES string of the molecule is CCOC(=O)[C@@]1(Cc2ccccc2)Cc2cc3c(cc2C1=O)CCC3. The lowest BCUT2D eigenvalue weighted by atomic mass is 9.78. The number of esters is 1. The van der Waals surface area contributed by atoms with Crippen molar-refractivity contribution in [3.63, 3.8) is 0 Å². The molecule has 0 spiro atoms. The Labute approximate surface area is 148 Å². The fraction of sp³-hybridized carbons (Fsp3) is 0.364. The molecule has 0 aliphatic heterocycles. The number of hydrogen-bond donors (Lipinski definition) is 0. The number of fused-ring (bicyclic) bond motifs is 2. The minimum Gasteiger partial charge on any atom is -0.465 e. The van der Waals surface area contributed by atoms with Gasteiger partial charge in [0.1, 0.15) is 5.41 Å². The Hall–Kier alpha value is -2.42. The fourth-order valence-corrected chi connectivity index (χ4v) is 4.29. The van der Waals surface area contributed by atoms with E-state index >= 15 is 0 Å². The third-order valence-electron chi connectivity index (χ3n) is 5.50. The number of carbonyl (C=O) groups is 2. The first kappa shape index (κ1) is 16.1. The average Bonchev–Trinajstić information content (AvgIpc) is 3.18. The standard InChI is InChI=1S/C22H22O3/c1-2-25-21(24)22(13-15-7-4-3-5-8-15)14-18-11-16-9-6-10-17(16)12-19(18)20(22)23/h3-5,7-8,11-12H,2,6,9-10,13-14H2,1H3/t22-/m0/s1. The zero-order valence-electron chi connectivity index (χ0n) is 14.5. The van der Waals surface area contributed by atoms with E-state index in [-0.39, 0.29) is 18.4 Å². The van der Waals surface area contributed by atoms with Gasteiger partial charge in [0.25, 0.3) is 0 Å². The van der Waals surface area contributed by atoms with E-state index in [1.807, 2.05) is 36.4 Å². The molecule has 2 aromatic carbocycles. The number of ketones is 1. The van der Waals surface area contributed by atoms with E-state index in [4.69, 9.17) is 4.74 Å². The van der Waals surface area contributed by atoms with E-state index in [1.54, 1.807) is 6.92 Å². The topological polar surface area (TPSA) is 43.4 Å². The highest BCUT2D eigenvalue weighted by molar-refractivity contribution is 6.16. The number of ether oxygens (including phenoxy) is 1. The van der Waals surface area contributed by atoms with Crippen LogP contribution in [0.2, 0.25) is 0 Å². The zero-order chi connectivity index (χ0) is 17.4. The van der Waals surface area contributed by atoms with Crippen molar-refractivity contribution in [1.82, 2.24) is 0 Å². The maximum absolute atomic E-state index is 13.3. The number of hydrogen-bond acceptors (Lipinski definition) is 3. The summed E-state index contributed by atoms with van der Waals surface area (Å²) >= 11 is 0. The predicted octanol–water partition coefficient (Wildman–Crippen LogP) is 3.71. The van der Waals surface area contributed by atoms with Crippen LogP contribution in [0, 0.1) is 5.41 Å². The molecule has 3 nitrogen and oxygen atoms in total. The molecule has 0 unspecified atom stereocenters. The Bertz CT molecular complexity index is 838. The Morgan fingerprint density at radius 3 is 2.52 bits per heavy atom. The van der Waals surface area contributed by atoms with Gasteiger partial charge in [-0.25, -0.2) is 0 Å². The number of aryl methyl sites for hydroxylation is 2. The van der Waals surface area contributed by atoms with Gasteiger partial charge in [0.15, 0.2) is 5.78 Å². The van der Waals surface area contributed by atoms with E-state index in [2.05, 4.69) is 6.07 Å². The molecule has 2 aromatic rings. The van der Waals surface area contributed by atoms with Crippen LogP contribution in [0.5, 0.6) is 0 Å². The summed E-state index contributed by atoms with van der Waals surface area (Å²) in [6.45, 7) is 2.07. The normalized spacial score (nSPS) is 21.1. The van der Waals surface area contributed by atoms with Crippen molar-refractivity contribution in [2.75, 3.05) is 6.61 Å². The van der Waals surface area contributed by atoms with Gasteiger partial charge >= 0.3 is 5.97 Å². The second-order valence-electron chi connectivity index (χ2n) is 7.10. The number of Topliss-reactive ketones (excluding diaryl/α,β-unsaturated/α-hetero) is 1. The van der Waals surface area contributed by atoms with Gasteiger partial charge < -0.3 is 4.74 Å². The minimum absolute atomic E-state index is 0.0699. The first-order valence-electron chi connectivity index (χ1n) is 9.04. The third kappa shape index (κ3) is 2.58. The van der Waals surface area contributed by atoms with Crippen LogP contribution in [0.1, 0.15) is 46.0 Å². The Balaban J connectivity index is 1.77. The molecule has 0 fully saturated rings. The quantitative estimate of drug-likeness (QED) is 0.632. The summed E-state index contributed by atoms with van der Waals surface area (Å²) in [5.41, 5.74) is 4.22. The predicted molar refractivity (Wildman–Crippen MR) is 95.7 cm³/mol. The summed E-state index contributed by atoms with van der Waals surface area (Å²) in [7, 11) is 0. The van der Waals surface area contributed by atoms with E-state index in [1.165, 1.54) is 11.1 Å². The van der Waals surface area contributed by atoms with Crippen LogP contribution < -0.4 is 0 Å². The lowest BCUT2D eigenvalue weighted by Crippen LogP contribution is -2.40. The molecule has 3 heteroatoms. The molecule has 25 heavy (non-hydrogen) atoms. The molecule has 0 N–H and O–H groups in total. The van der Waals surface area contributed by atoms with Crippen molar-refractivity contribution in [3.05, 3.63) is 70.3 Å². The molecule has 0 radical (unpaired) electrons. The maximum Gasteiger partial charge on any atom is 0.320 e. The molecular formula is C22H22O3. The molecule has 2 aliphatic carbocycles. The van der Waals surface area contributed by atoms with Gasteiger partial charge in [-0.1, -0.05) is 36.4 Å². The van der Waals surface area contributed by atoms with Gasteiger partial charge in [-0.3, -0.25) is 9.59 Å². The van der Waals surface area contributed by atoms with Crippen molar-refractivity contribution in [2.24, 2.45) is 5.41 Å². The fourth-order valence-electron chi connectivity index (χ4n) is 4.29. The maximum atomic E-state index is 13.3. The second kappa shape index (κ2) is 6.14. The van der Waals surface area contributed by atoms with Gasteiger partial charge in [0.2, 0.25) is 0 Å². The number of rotatable bonds is 4. The van der Waals surface area contributed by atoms with Crippen LogP contribution in [-0.4, -0.2) is 18.4 Å². The van der Waals surface area contributed by atoms with Gasteiger partial charge in [0.05, 0.1) is 6.61 Å². The monoisotopic (exact) mass is 334 g/mol. The molecule has 0 saturated heterocycles. The molecule has 1 atom stereocenters. The van der Waals surface area contributed by atoms with Crippen LogP contribution >= 0.6 is 0 Å². The average molecular weight is 334 g/mol. The summed E-state index contributed by atoms with van der Waals surface area (Å²) < 4.78 is 5.34. The molecular weight excluding hydrogens is 312 g/mol. The van der Waals surface area contributed by atoms with Gasteiger partial charge in [-0.05, 0) is 67.3 Å². The van der Waals surface area contributed by atoms with Crippen LogP contribution in [0.4, 0.5) is 0 Å². The first-order valence-corrected chi connectivity index (χ1v) is 9.04. The highest BCUT2D eigenvalue weighted by atomic mass is 16.5. The third-order valence-corrected chi connectivity index (χ3v) is 5.50. The highest BCUT2D eigenvalue weighted by Crippen LogP contribution is 2.43. The van der Waals surface area contributed by atoms with Gasteiger partial charge in [-0.2, -0.15) is 0 Å².